The monoisotopic (exact) mass is 472 g/mol. The summed E-state index contributed by atoms with van der Waals surface area (Å²) in [5.74, 6) is 0.413. The average Bonchev–Trinajstić information content (AvgIpc) is 2.88. The molecule has 3 aromatic carbocycles. The Kier molecular flexibility index (Phi) is 8.34. The second-order valence-electron chi connectivity index (χ2n) is 9.35. The molecule has 0 radical (unpaired) electrons. The summed E-state index contributed by atoms with van der Waals surface area (Å²) in [4.78, 5) is 30.4. The number of imide groups is 1. The molecule has 0 saturated carbocycles. The summed E-state index contributed by atoms with van der Waals surface area (Å²) in [5, 5.41) is 0. The number of aryl methyl sites for hydroxylation is 1. The van der Waals surface area contributed by atoms with Crippen LogP contribution in [0.5, 0.6) is 5.75 Å². The van der Waals surface area contributed by atoms with Gasteiger partial charge in [0, 0.05) is 12.0 Å². The lowest BCUT2D eigenvalue weighted by atomic mass is 9.77. The molecule has 0 bridgehead atoms. The van der Waals surface area contributed by atoms with Crippen molar-refractivity contribution in [3.63, 3.8) is 0 Å². The van der Waals surface area contributed by atoms with Crippen molar-refractivity contribution in [3.8, 4) is 5.75 Å². The van der Waals surface area contributed by atoms with Crippen molar-refractivity contribution < 1.29 is 14.3 Å². The standard InChI is InChI=1S/C28H30N2O3.C2H6/c1-20-15-17-24(18-16-20)33-27(32)30-25(23-13-9-6-10-14-23)28(3,4)19-29(26(30)31)21(2)22-11-7-5-8-12-22;1-2/h5-18,21,25H,19H2,1-4H3;1-2H3/t21-,25?;/m1./s1. The molecule has 0 aliphatic carbocycles. The van der Waals surface area contributed by atoms with Crippen molar-refractivity contribution in [1.82, 2.24) is 9.80 Å². The smallest absolute Gasteiger partial charge is 0.410 e. The molecule has 5 nitrogen and oxygen atoms in total. The van der Waals surface area contributed by atoms with Crippen LogP contribution in [-0.4, -0.2) is 28.5 Å². The van der Waals surface area contributed by atoms with Crippen LogP contribution in [0.2, 0.25) is 0 Å². The third-order valence-electron chi connectivity index (χ3n) is 6.32. The first kappa shape index (κ1) is 26.0. The zero-order valence-electron chi connectivity index (χ0n) is 21.6. The topological polar surface area (TPSA) is 49.9 Å². The number of nitrogens with zero attached hydrogens (tertiary/aromatic N) is 2. The molecular formula is C30H36N2O3. The SMILES string of the molecule is CC.Cc1ccc(OC(=O)N2C(=O)N([C@H](C)c3ccccc3)CC(C)(C)C2c2ccccc2)cc1. The van der Waals surface area contributed by atoms with Crippen LogP contribution < -0.4 is 4.74 Å². The maximum absolute atomic E-state index is 13.8. The summed E-state index contributed by atoms with van der Waals surface area (Å²) in [5.41, 5.74) is 2.58. The summed E-state index contributed by atoms with van der Waals surface area (Å²) >= 11 is 0. The van der Waals surface area contributed by atoms with Crippen LogP contribution >= 0.6 is 0 Å². The van der Waals surface area contributed by atoms with E-state index in [0.717, 1.165) is 16.7 Å². The first-order chi connectivity index (χ1) is 16.8. The molecule has 0 aromatic heterocycles. The zero-order valence-corrected chi connectivity index (χ0v) is 21.6. The Morgan fingerprint density at radius 2 is 1.46 bits per heavy atom. The fourth-order valence-corrected chi connectivity index (χ4v) is 4.58. The fraction of sp³-hybridized carbons (Fsp3) is 0.333. The predicted molar refractivity (Wildman–Crippen MR) is 140 cm³/mol. The fourth-order valence-electron chi connectivity index (χ4n) is 4.58. The van der Waals surface area contributed by atoms with Gasteiger partial charge in [-0.2, -0.15) is 0 Å². The molecule has 0 N–H and O–H groups in total. The van der Waals surface area contributed by atoms with Crippen molar-refractivity contribution in [2.75, 3.05) is 6.54 Å². The van der Waals surface area contributed by atoms with Gasteiger partial charge < -0.3 is 9.64 Å². The Balaban J connectivity index is 0.00000167. The molecule has 2 atom stereocenters. The maximum Gasteiger partial charge on any atom is 0.424 e. The third-order valence-corrected chi connectivity index (χ3v) is 6.32. The molecule has 1 aliphatic rings. The molecule has 1 unspecified atom stereocenters. The van der Waals surface area contributed by atoms with Gasteiger partial charge in [-0.1, -0.05) is 106 Å². The highest BCUT2D eigenvalue weighted by Gasteiger charge is 2.50. The van der Waals surface area contributed by atoms with E-state index in [1.165, 1.54) is 4.90 Å². The van der Waals surface area contributed by atoms with E-state index in [0.29, 0.717) is 12.3 Å². The third kappa shape index (κ3) is 5.73. The van der Waals surface area contributed by atoms with Gasteiger partial charge in [0.25, 0.3) is 0 Å². The van der Waals surface area contributed by atoms with Gasteiger partial charge in [0.05, 0.1) is 12.1 Å². The number of benzene rings is 3. The van der Waals surface area contributed by atoms with Gasteiger partial charge in [0.15, 0.2) is 0 Å². The summed E-state index contributed by atoms with van der Waals surface area (Å²) in [6.07, 6.45) is -0.671. The predicted octanol–water partition coefficient (Wildman–Crippen LogP) is 7.79. The van der Waals surface area contributed by atoms with Gasteiger partial charge in [-0.25, -0.2) is 14.5 Å². The van der Waals surface area contributed by atoms with Crippen LogP contribution in [0.1, 0.15) is 63.4 Å². The lowest BCUT2D eigenvalue weighted by molar-refractivity contribution is 0.0137. The van der Waals surface area contributed by atoms with E-state index in [9.17, 15) is 9.59 Å². The largest absolute Gasteiger partial charge is 0.424 e. The van der Waals surface area contributed by atoms with E-state index < -0.39 is 17.6 Å². The van der Waals surface area contributed by atoms with E-state index in [1.807, 2.05) is 100 Å². The minimum Gasteiger partial charge on any atom is -0.410 e. The van der Waals surface area contributed by atoms with Crippen LogP contribution in [0.4, 0.5) is 9.59 Å². The van der Waals surface area contributed by atoms with E-state index in [2.05, 4.69) is 13.8 Å². The Bertz CT molecular complexity index is 1110. The average molecular weight is 473 g/mol. The Morgan fingerprint density at radius 3 is 2.03 bits per heavy atom. The molecule has 1 aliphatic heterocycles. The van der Waals surface area contributed by atoms with Gasteiger partial charge in [0.2, 0.25) is 0 Å². The minimum atomic E-state index is -0.671. The van der Waals surface area contributed by atoms with Crippen LogP contribution in [0.3, 0.4) is 0 Å². The first-order valence-corrected chi connectivity index (χ1v) is 12.3. The zero-order chi connectivity index (χ0) is 25.6. The highest BCUT2D eigenvalue weighted by molar-refractivity contribution is 5.93. The van der Waals surface area contributed by atoms with Crippen LogP contribution in [0, 0.1) is 12.3 Å². The van der Waals surface area contributed by atoms with Crippen LogP contribution in [-0.2, 0) is 0 Å². The number of rotatable bonds is 4. The molecule has 1 saturated heterocycles. The van der Waals surface area contributed by atoms with Crippen molar-refractivity contribution in [1.29, 1.82) is 0 Å². The van der Waals surface area contributed by atoms with Crippen molar-refractivity contribution in [3.05, 3.63) is 102 Å². The molecule has 35 heavy (non-hydrogen) atoms. The molecule has 0 spiro atoms. The van der Waals surface area contributed by atoms with Crippen LogP contribution in [0.15, 0.2) is 84.9 Å². The summed E-state index contributed by atoms with van der Waals surface area (Å²) in [6.45, 7) is 12.7. The number of hydrogen-bond acceptors (Lipinski definition) is 3. The summed E-state index contributed by atoms with van der Waals surface area (Å²) in [7, 11) is 0. The second-order valence-corrected chi connectivity index (χ2v) is 9.35. The molecular weight excluding hydrogens is 436 g/mol. The molecule has 1 fully saturated rings. The second kappa shape index (κ2) is 11.2. The highest BCUT2D eigenvalue weighted by atomic mass is 16.6. The van der Waals surface area contributed by atoms with Gasteiger partial charge in [-0.15, -0.1) is 0 Å². The van der Waals surface area contributed by atoms with Crippen LogP contribution in [0.25, 0.3) is 0 Å². The van der Waals surface area contributed by atoms with Crippen molar-refractivity contribution in [2.24, 2.45) is 5.41 Å². The molecule has 5 heteroatoms. The highest BCUT2D eigenvalue weighted by Crippen LogP contribution is 2.45. The summed E-state index contributed by atoms with van der Waals surface area (Å²) in [6, 6.07) is 25.8. The Labute approximate surface area is 209 Å². The first-order valence-electron chi connectivity index (χ1n) is 12.3. The number of carbonyl (C=O) groups is 2. The normalized spacial score (nSPS) is 17.8. The van der Waals surface area contributed by atoms with Gasteiger partial charge in [-0.05, 0) is 37.1 Å². The van der Waals surface area contributed by atoms with E-state index >= 15 is 0 Å². The maximum atomic E-state index is 13.8. The Hall–Kier alpha value is -3.60. The molecule has 4 rings (SSSR count). The van der Waals surface area contributed by atoms with Crippen molar-refractivity contribution >= 4 is 12.1 Å². The lowest BCUT2D eigenvalue weighted by Gasteiger charge is -2.50. The number of carbonyl (C=O) groups excluding carboxylic acids is 2. The van der Waals surface area contributed by atoms with E-state index in [1.54, 1.807) is 17.0 Å². The number of ether oxygens (including phenoxy) is 1. The number of hydrogen-bond donors (Lipinski definition) is 0. The van der Waals surface area contributed by atoms with Gasteiger partial charge in [-0.3, -0.25) is 0 Å². The lowest BCUT2D eigenvalue weighted by Crippen LogP contribution is -2.60. The molecule has 184 valence electrons. The van der Waals surface area contributed by atoms with Crippen molar-refractivity contribution in [2.45, 2.75) is 53.6 Å². The Morgan fingerprint density at radius 1 is 0.914 bits per heavy atom. The molecule has 3 amide bonds. The number of amides is 3. The van der Waals surface area contributed by atoms with E-state index in [-0.39, 0.29) is 12.1 Å². The summed E-state index contributed by atoms with van der Waals surface area (Å²) < 4.78 is 5.70. The molecule has 3 aromatic rings. The van der Waals surface area contributed by atoms with Gasteiger partial charge >= 0.3 is 12.1 Å². The van der Waals surface area contributed by atoms with E-state index in [4.69, 9.17) is 4.74 Å². The quantitative estimate of drug-likeness (QED) is 0.389. The molecule has 1 heterocycles. The number of urea groups is 1. The minimum absolute atomic E-state index is 0.190. The van der Waals surface area contributed by atoms with Gasteiger partial charge in [0.1, 0.15) is 5.75 Å².